The molecule has 2 aliphatic heterocycles. The van der Waals surface area contributed by atoms with Crippen LogP contribution >= 0.6 is 0 Å². The molecule has 0 aliphatic carbocycles. The lowest BCUT2D eigenvalue weighted by molar-refractivity contribution is -0.154. The maximum atomic E-state index is 12.2. The van der Waals surface area contributed by atoms with E-state index in [-0.39, 0.29) is 18.6 Å². The van der Waals surface area contributed by atoms with Crippen LogP contribution in [0.5, 0.6) is 5.75 Å². The molecule has 2 aliphatic rings. The molecular weight excluding hydrogens is 324 g/mol. The van der Waals surface area contributed by atoms with Gasteiger partial charge in [0.2, 0.25) is 5.91 Å². The van der Waals surface area contributed by atoms with Gasteiger partial charge in [0.15, 0.2) is 0 Å². The quantitative estimate of drug-likeness (QED) is 0.898. The average molecular weight is 348 g/mol. The second kappa shape index (κ2) is 7.74. The van der Waals surface area contributed by atoms with Crippen molar-refractivity contribution in [3.05, 3.63) is 29.8 Å². The molecule has 2 heterocycles. The zero-order valence-corrected chi connectivity index (χ0v) is 14.4. The maximum Gasteiger partial charge on any atom is 0.407 e. The summed E-state index contributed by atoms with van der Waals surface area (Å²) in [7, 11) is 1.63. The number of amides is 2. The summed E-state index contributed by atoms with van der Waals surface area (Å²) >= 11 is 0. The van der Waals surface area contributed by atoms with Gasteiger partial charge in [-0.15, -0.1) is 0 Å². The van der Waals surface area contributed by atoms with Crippen molar-refractivity contribution in [1.29, 1.82) is 0 Å². The number of methoxy groups -OCH3 is 1. The Labute approximate surface area is 147 Å². The second-order valence-corrected chi connectivity index (χ2v) is 6.58. The molecular formula is C18H24N2O5. The summed E-state index contributed by atoms with van der Waals surface area (Å²) in [5.74, 6) is 1.08. The van der Waals surface area contributed by atoms with Crippen LogP contribution in [0.15, 0.2) is 24.3 Å². The molecule has 25 heavy (non-hydrogen) atoms. The van der Waals surface area contributed by atoms with Crippen molar-refractivity contribution in [3.8, 4) is 5.75 Å². The van der Waals surface area contributed by atoms with Crippen LogP contribution in [-0.4, -0.2) is 66.4 Å². The monoisotopic (exact) mass is 348 g/mol. The van der Waals surface area contributed by atoms with Crippen LogP contribution in [0.4, 0.5) is 4.79 Å². The molecule has 0 saturated carbocycles. The number of piperidine rings is 1. The van der Waals surface area contributed by atoms with Gasteiger partial charge in [0, 0.05) is 26.2 Å². The number of morpholine rings is 1. The Hall–Kier alpha value is -2.28. The van der Waals surface area contributed by atoms with E-state index in [4.69, 9.17) is 14.6 Å². The van der Waals surface area contributed by atoms with Crippen LogP contribution in [0.1, 0.15) is 18.4 Å². The lowest BCUT2D eigenvalue weighted by atomic mass is 9.90. The first-order chi connectivity index (χ1) is 12.1. The summed E-state index contributed by atoms with van der Waals surface area (Å²) in [5.41, 5.74) is 1.05. The van der Waals surface area contributed by atoms with E-state index in [1.807, 2.05) is 29.2 Å². The third-order valence-electron chi connectivity index (χ3n) is 5.04. The standard InChI is InChI=1S/C18H24N2O5/c1-24-15-4-2-13(3-5-15)10-20-11-16(25-12-17(20)21)14-6-8-19(9-7-14)18(22)23/h2-5,14,16H,6-12H2,1H3,(H,22,23). The van der Waals surface area contributed by atoms with Gasteiger partial charge in [0.05, 0.1) is 13.2 Å². The summed E-state index contributed by atoms with van der Waals surface area (Å²) in [4.78, 5) is 26.5. The van der Waals surface area contributed by atoms with Crippen LogP contribution in [0.25, 0.3) is 0 Å². The van der Waals surface area contributed by atoms with E-state index in [0.717, 1.165) is 24.2 Å². The molecule has 0 bridgehead atoms. The lowest BCUT2D eigenvalue weighted by Gasteiger charge is -2.40. The van der Waals surface area contributed by atoms with Crippen LogP contribution in [-0.2, 0) is 16.1 Å². The SMILES string of the molecule is COc1ccc(CN2CC(C3CCN(C(=O)O)CC3)OCC2=O)cc1. The third kappa shape index (κ3) is 4.22. The van der Waals surface area contributed by atoms with Crippen molar-refractivity contribution in [2.75, 3.05) is 33.4 Å². The summed E-state index contributed by atoms with van der Waals surface area (Å²) < 4.78 is 10.9. The van der Waals surface area contributed by atoms with E-state index >= 15 is 0 Å². The number of carboxylic acid groups (broad SMARTS) is 1. The van der Waals surface area contributed by atoms with E-state index in [1.54, 1.807) is 7.11 Å². The Bertz CT molecular complexity index is 610. The smallest absolute Gasteiger partial charge is 0.407 e. The molecule has 1 aromatic rings. The van der Waals surface area contributed by atoms with Crippen LogP contribution in [0, 0.1) is 5.92 Å². The zero-order chi connectivity index (χ0) is 17.8. The molecule has 1 unspecified atom stereocenters. The molecule has 2 saturated heterocycles. The van der Waals surface area contributed by atoms with Gasteiger partial charge in [-0.25, -0.2) is 4.79 Å². The van der Waals surface area contributed by atoms with Gasteiger partial charge >= 0.3 is 6.09 Å². The highest BCUT2D eigenvalue weighted by Crippen LogP contribution is 2.26. The summed E-state index contributed by atoms with van der Waals surface area (Å²) in [5, 5.41) is 9.05. The molecule has 7 heteroatoms. The molecule has 0 radical (unpaired) electrons. The van der Waals surface area contributed by atoms with E-state index in [2.05, 4.69) is 0 Å². The van der Waals surface area contributed by atoms with E-state index < -0.39 is 6.09 Å². The fourth-order valence-electron chi connectivity index (χ4n) is 3.49. The molecule has 1 atom stereocenters. The molecule has 2 amide bonds. The minimum absolute atomic E-state index is 0.00459. The lowest BCUT2D eigenvalue weighted by Crippen LogP contribution is -2.51. The van der Waals surface area contributed by atoms with Gasteiger partial charge in [-0.2, -0.15) is 0 Å². The number of nitrogens with zero attached hydrogens (tertiary/aromatic N) is 2. The first kappa shape index (κ1) is 17.5. The molecule has 7 nitrogen and oxygen atoms in total. The van der Waals surface area contributed by atoms with Crippen molar-refractivity contribution in [2.24, 2.45) is 5.92 Å². The number of carbonyl (C=O) groups excluding carboxylic acids is 1. The minimum Gasteiger partial charge on any atom is -0.497 e. The van der Waals surface area contributed by atoms with Crippen LogP contribution in [0.2, 0.25) is 0 Å². The number of ether oxygens (including phenoxy) is 2. The predicted molar refractivity (Wildman–Crippen MR) is 90.5 cm³/mol. The van der Waals surface area contributed by atoms with E-state index in [9.17, 15) is 9.59 Å². The van der Waals surface area contributed by atoms with Gasteiger partial charge in [-0.05, 0) is 36.5 Å². The molecule has 2 fully saturated rings. The Morgan fingerprint density at radius 1 is 1.28 bits per heavy atom. The summed E-state index contributed by atoms with van der Waals surface area (Å²) in [6.45, 7) is 2.28. The van der Waals surface area contributed by atoms with Gasteiger partial charge in [-0.3, -0.25) is 4.79 Å². The van der Waals surface area contributed by atoms with E-state index in [0.29, 0.717) is 32.1 Å². The number of carbonyl (C=O) groups is 2. The highest BCUT2D eigenvalue weighted by atomic mass is 16.5. The molecule has 1 N–H and O–H groups in total. The Kier molecular flexibility index (Phi) is 5.43. The maximum absolute atomic E-state index is 12.2. The summed E-state index contributed by atoms with van der Waals surface area (Å²) in [6.07, 6.45) is 0.675. The Morgan fingerprint density at radius 2 is 1.96 bits per heavy atom. The van der Waals surface area contributed by atoms with Gasteiger partial charge < -0.3 is 24.4 Å². The highest BCUT2D eigenvalue weighted by Gasteiger charge is 2.34. The minimum atomic E-state index is -0.862. The molecule has 1 aromatic carbocycles. The normalized spacial score (nSPS) is 22.1. The van der Waals surface area contributed by atoms with Crippen molar-refractivity contribution >= 4 is 12.0 Å². The molecule has 136 valence electrons. The first-order valence-corrected chi connectivity index (χ1v) is 8.57. The second-order valence-electron chi connectivity index (χ2n) is 6.58. The Balaban J connectivity index is 1.57. The number of hydrogen-bond acceptors (Lipinski definition) is 4. The van der Waals surface area contributed by atoms with Crippen LogP contribution in [0.3, 0.4) is 0 Å². The fraction of sp³-hybridized carbons (Fsp3) is 0.556. The van der Waals surface area contributed by atoms with Crippen molar-refractivity contribution in [1.82, 2.24) is 9.80 Å². The first-order valence-electron chi connectivity index (χ1n) is 8.57. The number of likely N-dealkylation sites (tertiary alicyclic amines) is 1. The molecule has 0 aromatic heterocycles. The van der Waals surface area contributed by atoms with Gasteiger partial charge in [-0.1, -0.05) is 12.1 Å². The fourth-order valence-corrected chi connectivity index (χ4v) is 3.49. The average Bonchev–Trinajstić information content (AvgIpc) is 2.64. The topological polar surface area (TPSA) is 79.3 Å². The molecule has 3 rings (SSSR count). The largest absolute Gasteiger partial charge is 0.497 e. The van der Waals surface area contributed by atoms with Crippen molar-refractivity contribution in [3.63, 3.8) is 0 Å². The summed E-state index contributed by atoms with van der Waals surface area (Å²) in [6, 6.07) is 7.70. The van der Waals surface area contributed by atoms with Gasteiger partial charge in [0.1, 0.15) is 12.4 Å². The number of benzene rings is 1. The predicted octanol–water partition coefficient (Wildman–Crippen LogP) is 1.81. The zero-order valence-electron chi connectivity index (χ0n) is 14.4. The van der Waals surface area contributed by atoms with Crippen molar-refractivity contribution < 1.29 is 24.2 Å². The third-order valence-corrected chi connectivity index (χ3v) is 5.04. The Morgan fingerprint density at radius 3 is 2.56 bits per heavy atom. The van der Waals surface area contributed by atoms with Crippen molar-refractivity contribution in [2.45, 2.75) is 25.5 Å². The van der Waals surface area contributed by atoms with Crippen LogP contribution < -0.4 is 4.74 Å². The highest BCUT2D eigenvalue weighted by molar-refractivity contribution is 5.78. The van der Waals surface area contributed by atoms with E-state index in [1.165, 1.54) is 4.90 Å². The molecule has 0 spiro atoms. The van der Waals surface area contributed by atoms with Gasteiger partial charge in [0.25, 0.3) is 0 Å². The number of rotatable bonds is 4. The number of hydrogen-bond donors (Lipinski definition) is 1.